The number of hydrogen-bond donors (Lipinski definition) is 2. The summed E-state index contributed by atoms with van der Waals surface area (Å²) in [7, 11) is 0. The van der Waals surface area contributed by atoms with Gasteiger partial charge in [0.05, 0.1) is 12.5 Å². The predicted molar refractivity (Wildman–Crippen MR) is 75.7 cm³/mol. The fraction of sp³-hybridized carbons (Fsp3) is 0.571. The van der Waals surface area contributed by atoms with E-state index in [1.165, 1.54) is 5.56 Å². The number of carboxylic acids is 1. The number of amides is 2. The van der Waals surface area contributed by atoms with Crippen molar-refractivity contribution in [3.8, 4) is 0 Å². The molecule has 1 aromatic heterocycles. The van der Waals surface area contributed by atoms with Crippen LogP contribution in [-0.2, 0) is 11.3 Å². The molecule has 0 radical (unpaired) electrons. The van der Waals surface area contributed by atoms with Crippen molar-refractivity contribution in [1.29, 1.82) is 0 Å². The highest BCUT2D eigenvalue weighted by Crippen LogP contribution is 2.41. The lowest BCUT2D eigenvalue weighted by atomic mass is 9.89. The topological polar surface area (TPSA) is 69.6 Å². The van der Waals surface area contributed by atoms with Gasteiger partial charge in [0.2, 0.25) is 0 Å². The van der Waals surface area contributed by atoms with Crippen molar-refractivity contribution >= 4 is 23.3 Å². The Hall–Kier alpha value is -1.56. The molecule has 2 N–H and O–H groups in total. The quantitative estimate of drug-likeness (QED) is 0.898. The van der Waals surface area contributed by atoms with Crippen molar-refractivity contribution in [3.63, 3.8) is 0 Å². The van der Waals surface area contributed by atoms with Crippen LogP contribution in [-0.4, -0.2) is 34.1 Å². The number of carbonyl (C=O) groups is 2. The van der Waals surface area contributed by atoms with E-state index < -0.39 is 5.97 Å². The molecule has 5 nitrogen and oxygen atoms in total. The second-order valence-corrected chi connectivity index (χ2v) is 6.57. The van der Waals surface area contributed by atoms with E-state index in [2.05, 4.69) is 5.32 Å². The van der Waals surface area contributed by atoms with Gasteiger partial charge in [-0.25, -0.2) is 4.79 Å². The van der Waals surface area contributed by atoms with Gasteiger partial charge < -0.3 is 15.3 Å². The van der Waals surface area contributed by atoms with Crippen LogP contribution in [0.3, 0.4) is 0 Å². The lowest BCUT2D eigenvalue weighted by Gasteiger charge is -2.23. The SMILES string of the molecule is Cc1ccsc1CNC(=O)N1C2CCC1C(C(=O)O)C2. The Kier molecular flexibility index (Phi) is 3.41. The molecular weight excluding hydrogens is 276 g/mol. The van der Waals surface area contributed by atoms with Gasteiger partial charge in [-0.05, 0) is 43.2 Å². The van der Waals surface area contributed by atoms with Crippen LogP contribution in [0.15, 0.2) is 11.4 Å². The van der Waals surface area contributed by atoms with E-state index in [1.54, 1.807) is 16.2 Å². The summed E-state index contributed by atoms with van der Waals surface area (Å²) in [5.74, 6) is -1.16. The van der Waals surface area contributed by atoms with Gasteiger partial charge >= 0.3 is 12.0 Å². The van der Waals surface area contributed by atoms with Gasteiger partial charge in [0.1, 0.15) is 0 Å². The molecule has 108 valence electrons. The highest BCUT2D eigenvalue weighted by atomic mass is 32.1. The summed E-state index contributed by atoms with van der Waals surface area (Å²) in [5.41, 5.74) is 1.18. The number of carboxylic acid groups (broad SMARTS) is 1. The zero-order chi connectivity index (χ0) is 14.3. The van der Waals surface area contributed by atoms with Crippen molar-refractivity contribution in [2.24, 2.45) is 5.92 Å². The van der Waals surface area contributed by atoms with Crippen LogP contribution in [0, 0.1) is 12.8 Å². The Morgan fingerprint density at radius 1 is 1.50 bits per heavy atom. The normalized spacial score (nSPS) is 27.9. The number of fused-ring (bicyclic) bond motifs is 2. The highest BCUT2D eigenvalue weighted by Gasteiger charge is 2.51. The Morgan fingerprint density at radius 3 is 2.90 bits per heavy atom. The van der Waals surface area contributed by atoms with E-state index in [0.29, 0.717) is 13.0 Å². The summed E-state index contributed by atoms with van der Waals surface area (Å²) in [6.07, 6.45) is 2.35. The third-order valence-corrected chi connectivity index (χ3v) is 5.48. The first kappa shape index (κ1) is 13.4. The fourth-order valence-electron chi connectivity index (χ4n) is 3.40. The lowest BCUT2D eigenvalue weighted by molar-refractivity contribution is -0.142. The molecule has 2 saturated heterocycles. The van der Waals surface area contributed by atoms with Gasteiger partial charge in [0, 0.05) is 17.0 Å². The molecule has 20 heavy (non-hydrogen) atoms. The molecule has 2 aliphatic rings. The molecule has 0 spiro atoms. The molecule has 1 aromatic rings. The van der Waals surface area contributed by atoms with Gasteiger partial charge in [-0.15, -0.1) is 11.3 Å². The summed E-state index contributed by atoms with van der Waals surface area (Å²) in [5, 5.41) is 14.1. The molecule has 0 saturated carbocycles. The largest absolute Gasteiger partial charge is 0.481 e. The van der Waals surface area contributed by atoms with Crippen LogP contribution in [0.5, 0.6) is 0 Å². The monoisotopic (exact) mass is 294 g/mol. The molecule has 2 fully saturated rings. The molecule has 2 amide bonds. The molecule has 0 aliphatic carbocycles. The van der Waals surface area contributed by atoms with E-state index in [0.717, 1.165) is 17.7 Å². The minimum Gasteiger partial charge on any atom is -0.481 e. The summed E-state index contributed by atoms with van der Waals surface area (Å²) in [6, 6.07) is 1.90. The average molecular weight is 294 g/mol. The van der Waals surface area contributed by atoms with Crippen LogP contribution in [0.2, 0.25) is 0 Å². The van der Waals surface area contributed by atoms with Crippen LogP contribution in [0.1, 0.15) is 29.7 Å². The Morgan fingerprint density at radius 2 is 2.30 bits per heavy atom. The van der Waals surface area contributed by atoms with Gasteiger partial charge in [0.15, 0.2) is 0 Å². The third-order valence-electron chi connectivity index (χ3n) is 4.46. The number of nitrogens with zero attached hydrogens (tertiary/aromatic N) is 1. The minimum absolute atomic E-state index is 0.102. The molecular formula is C14H18N2O3S. The maximum absolute atomic E-state index is 12.3. The van der Waals surface area contributed by atoms with E-state index in [-0.39, 0.29) is 24.0 Å². The van der Waals surface area contributed by atoms with Crippen LogP contribution < -0.4 is 5.32 Å². The molecule has 3 atom stereocenters. The van der Waals surface area contributed by atoms with Crippen molar-refractivity contribution in [2.75, 3.05) is 0 Å². The zero-order valence-corrected chi connectivity index (χ0v) is 12.2. The van der Waals surface area contributed by atoms with Crippen molar-refractivity contribution in [2.45, 2.75) is 44.8 Å². The summed E-state index contributed by atoms with van der Waals surface area (Å²) in [4.78, 5) is 26.4. The summed E-state index contributed by atoms with van der Waals surface area (Å²) in [6.45, 7) is 2.55. The van der Waals surface area contributed by atoms with Gasteiger partial charge in [-0.2, -0.15) is 0 Å². The lowest BCUT2D eigenvalue weighted by Crippen LogP contribution is -2.44. The molecule has 3 unspecified atom stereocenters. The number of urea groups is 1. The Bertz CT molecular complexity index is 542. The van der Waals surface area contributed by atoms with E-state index in [1.807, 2.05) is 18.4 Å². The van der Waals surface area contributed by atoms with E-state index in [9.17, 15) is 14.7 Å². The number of carbonyl (C=O) groups excluding carboxylic acids is 1. The standard InChI is InChI=1S/C14H18N2O3S/c1-8-4-5-20-12(8)7-15-14(19)16-9-2-3-11(16)10(6-9)13(17)18/h4-5,9-11H,2-3,6-7H2,1H3,(H,15,19)(H,17,18). The average Bonchev–Trinajstić information content (AvgIpc) is 3.09. The number of nitrogens with one attached hydrogen (secondary N) is 1. The fourth-order valence-corrected chi connectivity index (χ4v) is 4.25. The highest BCUT2D eigenvalue weighted by molar-refractivity contribution is 7.10. The van der Waals surface area contributed by atoms with Gasteiger partial charge in [-0.1, -0.05) is 0 Å². The summed E-state index contributed by atoms with van der Waals surface area (Å²) < 4.78 is 0. The van der Waals surface area contributed by atoms with Crippen molar-refractivity contribution < 1.29 is 14.7 Å². The number of aryl methyl sites for hydroxylation is 1. The maximum Gasteiger partial charge on any atom is 0.318 e. The molecule has 6 heteroatoms. The van der Waals surface area contributed by atoms with Crippen molar-refractivity contribution in [3.05, 3.63) is 21.9 Å². The number of aliphatic carboxylic acids is 1. The molecule has 3 heterocycles. The number of rotatable bonds is 3. The summed E-state index contributed by atoms with van der Waals surface area (Å²) >= 11 is 1.63. The van der Waals surface area contributed by atoms with Crippen molar-refractivity contribution in [1.82, 2.24) is 10.2 Å². The first-order valence-electron chi connectivity index (χ1n) is 6.90. The van der Waals surface area contributed by atoms with Gasteiger partial charge in [-0.3, -0.25) is 4.79 Å². The van der Waals surface area contributed by atoms with Crippen LogP contribution in [0.25, 0.3) is 0 Å². The first-order chi connectivity index (χ1) is 9.58. The smallest absolute Gasteiger partial charge is 0.318 e. The third kappa shape index (κ3) is 2.18. The zero-order valence-electron chi connectivity index (χ0n) is 11.3. The molecule has 3 rings (SSSR count). The van der Waals surface area contributed by atoms with E-state index >= 15 is 0 Å². The Balaban J connectivity index is 1.64. The second-order valence-electron chi connectivity index (χ2n) is 5.57. The van der Waals surface area contributed by atoms with Crippen LogP contribution in [0.4, 0.5) is 4.79 Å². The second kappa shape index (κ2) is 5.09. The Labute approximate surface area is 121 Å². The molecule has 0 aromatic carbocycles. The van der Waals surface area contributed by atoms with Crippen LogP contribution >= 0.6 is 11.3 Å². The maximum atomic E-state index is 12.3. The first-order valence-corrected chi connectivity index (χ1v) is 7.78. The number of hydrogen-bond acceptors (Lipinski definition) is 3. The van der Waals surface area contributed by atoms with Gasteiger partial charge in [0.25, 0.3) is 0 Å². The molecule has 2 bridgehead atoms. The van der Waals surface area contributed by atoms with E-state index in [4.69, 9.17) is 0 Å². The molecule has 2 aliphatic heterocycles. The number of thiophene rings is 1. The predicted octanol–water partition coefficient (Wildman–Crippen LogP) is 2.20. The minimum atomic E-state index is -0.774.